The van der Waals surface area contributed by atoms with Gasteiger partial charge in [-0.15, -0.1) is 6.58 Å². The Labute approximate surface area is 139 Å². The van der Waals surface area contributed by atoms with Gasteiger partial charge in [-0.25, -0.2) is 9.78 Å². The molecule has 0 aliphatic carbocycles. The number of oxazole rings is 1. The van der Waals surface area contributed by atoms with Gasteiger partial charge in [-0.05, 0) is 6.08 Å². The average Bonchev–Trinajstić information content (AvgIpc) is 3.17. The maximum Gasteiger partial charge on any atom is 0.345 e. The van der Waals surface area contributed by atoms with Gasteiger partial charge in [-0.3, -0.25) is 9.02 Å². The minimum absolute atomic E-state index is 0.166. The molecule has 0 spiro atoms. The second-order valence-corrected chi connectivity index (χ2v) is 7.06. The molecule has 9 nitrogen and oxygen atoms in total. The smallest absolute Gasteiger partial charge is 0.345 e. The molecular formula is C14H17N3O6S. The molecule has 3 heterocycles. The van der Waals surface area contributed by atoms with Crippen LogP contribution in [0, 0.1) is 0 Å². The van der Waals surface area contributed by atoms with Crippen molar-refractivity contribution in [1.82, 2.24) is 14.9 Å². The van der Waals surface area contributed by atoms with Gasteiger partial charge in [0.1, 0.15) is 12.0 Å². The Morgan fingerprint density at radius 2 is 2.33 bits per heavy atom. The van der Waals surface area contributed by atoms with Crippen LogP contribution in [0.4, 0.5) is 4.79 Å². The van der Waals surface area contributed by atoms with Crippen molar-refractivity contribution in [3.63, 3.8) is 0 Å². The van der Waals surface area contributed by atoms with E-state index in [2.05, 4.69) is 15.7 Å². The number of nitrogens with zero attached hydrogens (tertiary/aromatic N) is 3. The van der Waals surface area contributed by atoms with E-state index < -0.39 is 27.9 Å². The first-order chi connectivity index (χ1) is 11.5. The van der Waals surface area contributed by atoms with Crippen LogP contribution >= 0.6 is 0 Å². The lowest BCUT2D eigenvalue weighted by molar-refractivity contribution is -0.107. The van der Waals surface area contributed by atoms with E-state index in [-0.39, 0.29) is 18.5 Å². The molecule has 2 amide bonds. The van der Waals surface area contributed by atoms with Crippen LogP contribution < -0.4 is 0 Å². The van der Waals surface area contributed by atoms with Crippen LogP contribution in [0.2, 0.25) is 0 Å². The van der Waals surface area contributed by atoms with Gasteiger partial charge in [-0.2, -0.15) is 13.5 Å². The van der Waals surface area contributed by atoms with Crippen LogP contribution in [0.25, 0.3) is 5.57 Å². The first-order valence-electron chi connectivity index (χ1n) is 7.20. The molecule has 0 unspecified atom stereocenters. The number of carbonyl (C=O) groups is 1. The normalized spacial score (nSPS) is 23.5. The van der Waals surface area contributed by atoms with Crippen LogP contribution in [0.1, 0.15) is 5.89 Å². The van der Waals surface area contributed by atoms with Crippen molar-refractivity contribution in [3.8, 4) is 0 Å². The van der Waals surface area contributed by atoms with Crippen molar-refractivity contribution < 1.29 is 26.7 Å². The SMILES string of the molecule is C=CCON1C(=O)N2C[C@H]1C=C(c1ncco1)[C@H]2CS(=O)(=O)OC. The van der Waals surface area contributed by atoms with Crippen molar-refractivity contribution in [2.24, 2.45) is 0 Å². The van der Waals surface area contributed by atoms with Crippen LogP contribution in [-0.2, 0) is 19.1 Å². The van der Waals surface area contributed by atoms with Crippen LogP contribution in [-0.4, -0.2) is 67.5 Å². The monoisotopic (exact) mass is 355 g/mol. The lowest BCUT2D eigenvalue weighted by atomic mass is 10.0. The number of hydrogen-bond acceptors (Lipinski definition) is 7. The summed E-state index contributed by atoms with van der Waals surface area (Å²) in [6, 6.07) is -1.55. The molecule has 3 rings (SSSR count). The molecule has 24 heavy (non-hydrogen) atoms. The van der Waals surface area contributed by atoms with Gasteiger partial charge in [0.15, 0.2) is 0 Å². The Morgan fingerprint density at radius 3 is 2.96 bits per heavy atom. The summed E-state index contributed by atoms with van der Waals surface area (Å²) in [5, 5.41) is 1.21. The summed E-state index contributed by atoms with van der Waals surface area (Å²) in [5.74, 6) is -0.134. The Hall–Kier alpha value is -2.17. The Balaban J connectivity index is 1.97. The van der Waals surface area contributed by atoms with E-state index >= 15 is 0 Å². The van der Waals surface area contributed by atoms with E-state index in [0.717, 1.165) is 7.11 Å². The van der Waals surface area contributed by atoms with Crippen molar-refractivity contribution in [1.29, 1.82) is 0 Å². The third-order valence-electron chi connectivity index (χ3n) is 3.85. The minimum Gasteiger partial charge on any atom is -0.445 e. The number of hydrogen-bond donors (Lipinski definition) is 0. The summed E-state index contributed by atoms with van der Waals surface area (Å²) >= 11 is 0. The average molecular weight is 355 g/mol. The summed E-state index contributed by atoms with van der Waals surface area (Å²) < 4.78 is 33.7. The van der Waals surface area contributed by atoms with Crippen molar-refractivity contribution in [2.45, 2.75) is 12.1 Å². The zero-order valence-corrected chi connectivity index (χ0v) is 13.8. The van der Waals surface area contributed by atoms with Crippen molar-refractivity contribution in [2.75, 3.05) is 26.0 Å². The molecule has 2 aliphatic rings. The van der Waals surface area contributed by atoms with E-state index in [0.29, 0.717) is 12.1 Å². The van der Waals surface area contributed by atoms with E-state index in [4.69, 9.17) is 9.25 Å². The van der Waals surface area contributed by atoms with Crippen LogP contribution in [0.3, 0.4) is 0 Å². The quantitative estimate of drug-likeness (QED) is 0.522. The molecule has 0 saturated carbocycles. The number of amides is 2. The second kappa shape index (κ2) is 6.38. The highest BCUT2D eigenvalue weighted by molar-refractivity contribution is 7.86. The van der Waals surface area contributed by atoms with Crippen LogP contribution in [0.5, 0.6) is 0 Å². The number of hydroxylamine groups is 2. The predicted molar refractivity (Wildman–Crippen MR) is 82.9 cm³/mol. The molecule has 1 aromatic rings. The molecular weight excluding hydrogens is 338 g/mol. The van der Waals surface area contributed by atoms with E-state index in [1.54, 1.807) is 6.08 Å². The van der Waals surface area contributed by atoms with Gasteiger partial charge < -0.3 is 9.32 Å². The topological polar surface area (TPSA) is 102 Å². The fourth-order valence-corrected chi connectivity index (χ4v) is 3.68. The van der Waals surface area contributed by atoms with Gasteiger partial charge in [0, 0.05) is 12.1 Å². The number of carbonyl (C=O) groups excluding carboxylic acids is 1. The molecule has 1 saturated heterocycles. The fraction of sp³-hybridized carbons (Fsp3) is 0.429. The van der Waals surface area contributed by atoms with Gasteiger partial charge in [-0.1, -0.05) is 6.08 Å². The lowest BCUT2D eigenvalue weighted by Crippen LogP contribution is -2.44. The Morgan fingerprint density at radius 1 is 1.54 bits per heavy atom. The van der Waals surface area contributed by atoms with Gasteiger partial charge in [0.2, 0.25) is 5.89 Å². The molecule has 2 bridgehead atoms. The number of fused-ring (bicyclic) bond motifs is 2. The zero-order chi connectivity index (χ0) is 17.3. The van der Waals surface area contributed by atoms with E-state index in [9.17, 15) is 13.2 Å². The van der Waals surface area contributed by atoms with Gasteiger partial charge >= 0.3 is 6.03 Å². The van der Waals surface area contributed by atoms with Crippen molar-refractivity contribution in [3.05, 3.63) is 37.1 Å². The predicted octanol–water partition coefficient (Wildman–Crippen LogP) is 0.640. The van der Waals surface area contributed by atoms with Crippen molar-refractivity contribution >= 4 is 21.7 Å². The Kier molecular flexibility index (Phi) is 4.43. The first kappa shape index (κ1) is 16.7. The molecule has 2 atom stereocenters. The molecule has 1 aromatic heterocycles. The molecule has 0 N–H and O–H groups in total. The summed E-state index contributed by atoms with van der Waals surface area (Å²) in [6.45, 7) is 4.03. The van der Waals surface area contributed by atoms with Gasteiger partial charge in [0.05, 0.1) is 32.0 Å². The fourth-order valence-electron chi connectivity index (χ4n) is 2.79. The maximum absolute atomic E-state index is 12.6. The molecule has 0 aromatic carbocycles. The largest absolute Gasteiger partial charge is 0.445 e. The summed E-state index contributed by atoms with van der Waals surface area (Å²) in [6.07, 6.45) is 6.11. The molecule has 2 aliphatic heterocycles. The summed E-state index contributed by atoms with van der Waals surface area (Å²) in [5.41, 5.74) is 0.509. The minimum atomic E-state index is -3.81. The third-order valence-corrected chi connectivity index (χ3v) is 5.08. The number of urea groups is 1. The second-order valence-electron chi connectivity index (χ2n) is 5.28. The highest BCUT2D eigenvalue weighted by Crippen LogP contribution is 2.34. The third kappa shape index (κ3) is 2.95. The zero-order valence-electron chi connectivity index (χ0n) is 13.0. The van der Waals surface area contributed by atoms with Gasteiger partial charge in [0.25, 0.3) is 10.1 Å². The number of aromatic nitrogens is 1. The number of rotatable bonds is 7. The highest BCUT2D eigenvalue weighted by atomic mass is 32.2. The molecule has 1 fully saturated rings. The molecule has 10 heteroatoms. The standard InChI is InChI=1S/C14H17N3O6S/c1-3-5-23-17-10-7-11(13-15-4-6-22-13)12(9-24(19,20)21-2)16(8-10)14(17)18/h3-4,6-7,10,12H,1,5,8-9H2,2H3/t10-,12-/m1/s1. The van der Waals surface area contributed by atoms with Crippen LogP contribution in [0.15, 0.2) is 35.6 Å². The highest BCUT2D eigenvalue weighted by Gasteiger charge is 2.48. The molecule has 0 radical (unpaired) electrons. The summed E-state index contributed by atoms with van der Waals surface area (Å²) in [7, 11) is -2.72. The van der Waals surface area contributed by atoms with E-state index in [1.807, 2.05) is 0 Å². The Bertz CT molecular complexity index is 757. The summed E-state index contributed by atoms with van der Waals surface area (Å²) in [4.78, 5) is 23.5. The molecule has 130 valence electrons. The van der Waals surface area contributed by atoms with E-state index in [1.165, 1.54) is 28.5 Å². The lowest BCUT2D eigenvalue weighted by Gasteiger charge is -2.29. The first-order valence-corrected chi connectivity index (χ1v) is 8.78. The maximum atomic E-state index is 12.6.